The first-order chi connectivity index (χ1) is 18.9. The Kier molecular flexibility index (Phi) is 6.35. The van der Waals surface area contributed by atoms with E-state index in [1.54, 1.807) is 37.4 Å². The van der Waals surface area contributed by atoms with E-state index in [0.29, 0.717) is 49.0 Å². The maximum absolute atomic E-state index is 12.7. The molecule has 2 aliphatic rings. The number of oxazole rings is 1. The maximum Gasteiger partial charge on any atom is 0.298 e. The van der Waals surface area contributed by atoms with Crippen LogP contribution in [0.4, 0.5) is 17.5 Å². The molecule has 0 aliphatic carbocycles. The molecule has 2 amide bonds. The third kappa shape index (κ3) is 5.00. The first-order valence-corrected chi connectivity index (χ1v) is 12.7. The van der Waals surface area contributed by atoms with Crippen LogP contribution in [0.1, 0.15) is 34.1 Å². The van der Waals surface area contributed by atoms with Crippen LogP contribution in [0.25, 0.3) is 11.1 Å². The lowest BCUT2D eigenvalue weighted by atomic mass is 9.97. The summed E-state index contributed by atoms with van der Waals surface area (Å²) in [5.41, 5.74) is 9.26. The number of benzene rings is 1. The van der Waals surface area contributed by atoms with Crippen LogP contribution in [-0.2, 0) is 23.0 Å². The molecule has 3 N–H and O–H groups in total. The molecule has 13 heteroatoms. The summed E-state index contributed by atoms with van der Waals surface area (Å²) < 4.78 is 13.0. The molecule has 0 saturated carbocycles. The number of hydrogen-bond donors (Lipinski definition) is 2. The summed E-state index contributed by atoms with van der Waals surface area (Å²) in [6.07, 6.45) is 6.32. The molecular weight excluding hydrogens is 502 g/mol. The smallest absolute Gasteiger partial charge is 0.298 e. The van der Waals surface area contributed by atoms with E-state index in [2.05, 4.69) is 25.4 Å². The van der Waals surface area contributed by atoms with Crippen molar-refractivity contribution < 1.29 is 18.7 Å². The lowest BCUT2D eigenvalue weighted by Crippen LogP contribution is -2.45. The Bertz CT molecular complexity index is 1540. The summed E-state index contributed by atoms with van der Waals surface area (Å²) in [7, 11) is 3.47. The zero-order valence-electron chi connectivity index (χ0n) is 21.7. The lowest BCUT2D eigenvalue weighted by Gasteiger charge is -2.37. The first-order valence-electron chi connectivity index (χ1n) is 12.7. The predicted molar refractivity (Wildman–Crippen MR) is 142 cm³/mol. The number of amides is 2. The third-order valence-electron chi connectivity index (χ3n) is 7.19. The number of methoxy groups -OCH3 is 1. The Morgan fingerprint density at radius 1 is 1.21 bits per heavy atom. The summed E-state index contributed by atoms with van der Waals surface area (Å²) in [5.74, 6) is -0.254. The molecule has 13 nitrogen and oxygen atoms in total. The van der Waals surface area contributed by atoms with Gasteiger partial charge in [0.15, 0.2) is 17.1 Å². The molecule has 2 saturated heterocycles. The Labute approximate surface area is 224 Å². The Hall–Kier alpha value is -4.52. The van der Waals surface area contributed by atoms with E-state index in [4.69, 9.17) is 14.9 Å². The van der Waals surface area contributed by atoms with Crippen molar-refractivity contribution in [2.45, 2.75) is 24.9 Å². The second kappa shape index (κ2) is 9.98. The monoisotopic (exact) mass is 531 g/mol. The predicted octanol–water partition coefficient (Wildman–Crippen LogP) is 1.59. The fourth-order valence-corrected chi connectivity index (χ4v) is 4.94. The Morgan fingerprint density at radius 3 is 2.77 bits per heavy atom. The van der Waals surface area contributed by atoms with Crippen molar-refractivity contribution in [3.8, 4) is 0 Å². The summed E-state index contributed by atoms with van der Waals surface area (Å²) in [4.78, 5) is 42.1. The zero-order valence-corrected chi connectivity index (χ0v) is 21.7. The van der Waals surface area contributed by atoms with Crippen molar-refractivity contribution >= 4 is 40.4 Å². The van der Waals surface area contributed by atoms with Crippen molar-refractivity contribution in [3.63, 3.8) is 0 Å². The largest absolute Gasteiger partial charge is 0.423 e. The minimum atomic E-state index is -0.664. The number of aromatic nitrogens is 5. The van der Waals surface area contributed by atoms with Gasteiger partial charge in [0, 0.05) is 52.5 Å². The van der Waals surface area contributed by atoms with Crippen LogP contribution in [0.2, 0.25) is 0 Å². The topological polar surface area (TPSA) is 158 Å². The van der Waals surface area contributed by atoms with Gasteiger partial charge in [-0.3, -0.25) is 14.3 Å². The van der Waals surface area contributed by atoms with Gasteiger partial charge in [0.05, 0.1) is 36.3 Å². The number of nitrogens with zero attached hydrogens (tertiary/aromatic N) is 7. The summed E-state index contributed by atoms with van der Waals surface area (Å²) in [5, 5.41) is 7.14. The Morgan fingerprint density at radius 2 is 2.05 bits per heavy atom. The molecule has 4 aromatic rings. The normalized spacial score (nSPS) is 17.5. The number of aryl methyl sites for hydroxylation is 1. The van der Waals surface area contributed by atoms with E-state index in [9.17, 15) is 9.59 Å². The molecule has 3 aromatic heterocycles. The van der Waals surface area contributed by atoms with Gasteiger partial charge in [-0.2, -0.15) is 10.1 Å². The van der Waals surface area contributed by atoms with Gasteiger partial charge in [-0.25, -0.2) is 9.97 Å². The molecule has 2 fully saturated rings. The molecule has 1 atom stereocenters. The number of fused-ring (bicyclic) bond motifs is 1. The third-order valence-corrected chi connectivity index (χ3v) is 7.19. The number of nitrogens with one attached hydrogen (secondary N) is 1. The number of carbonyl (C=O) groups is 2. The minimum Gasteiger partial charge on any atom is -0.423 e. The van der Waals surface area contributed by atoms with Crippen LogP contribution >= 0.6 is 0 Å². The van der Waals surface area contributed by atoms with Crippen molar-refractivity contribution in [3.05, 3.63) is 53.7 Å². The fraction of sp³-hybridized carbons (Fsp3) is 0.385. The van der Waals surface area contributed by atoms with Gasteiger partial charge in [0.25, 0.3) is 11.9 Å². The maximum atomic E-state index is 12.7. The van der Waals surface area contributed by atoms with E-state index in [1.807, 2.05) is 28.0 Å². The van der Waals surface area contributed by atoms with Crippen molar-refractivity contribution in [2.75, 3.05) is 43.5 Å². The number of nitrogens with two attached hydrogens (primary N) is 1. The van der Waals surface area contributed by atoms with E-state index < -0.39 is 5.91 Å². The summed E-state index contributed by atoms with van der Waals surface area (Å²) >= 11 is 0. The van der Waals surface area contributed by atoms with Crippen molar-refractivity contribution in [1.29, 1.82) is 0 Å². The molecule has 2 aliphatic heterocycles. The van der Waals surface area contributed by atoms with Crippen LogP contribution in [0, 0.1) is 0 Å². The van der Waals surface area contributed by atoms with E-state index in [0.717, 1.165) is 24.0 Å². The second-order valence-electron chi connectivity index (χ2n) is 9.95. The highest BCUT2D eigenvalue weighted by molar-refractivity contribution is 5.96. The SMILES string of the molecule is CO[C@H]1CCN(C(=O)Cc2ccc3nc(N4CC(c5cnc(Nc6cnn(C)c6)c(C(N)=O)n5)C4)oc3c2)C1. The van der Waals surface area contributed by atoms with Gasteiger partial charge in [0.2, 0.25) is 5.91 Å². The van der Waals surface area contributed by atoms with Crippen LogP contribution in [0.5, 0.6) is 0 Å². The molecule has 1 aromatic carbocycles. The number of primary amides is 1. The molecule has 39 heavy (non-hydrogen) atoms. The van der Waals surface area contributed by atoms with Crippen molar-refractivity contribution in [2.24, 2.45) is 12.8 Å². The average molecular weight is 532 g/mol. The summed E-state index contributed by atoms with van der Waals surface area (Å²) in [6.45, 7) is 2.57. The molecule has 5 heterocycles. The first kappa shape index (κ1) is 24.8. The molecule has 0 radical (unpaired) electrons. The number of carbonyl (C=O) groups excluding carboxylic acids is 2. The summed E-state index contributed by atoms with van der Waals surface area (Å²) in [6, 6.07) is 6.17. The quantitative estimate of drug-likeness (QED) is 0.342. The van der Waals surface area contributed by atoms with Gasteiger partial charge in [-0.1, -0.05) is 6.07 Å². The minimum absolute atomic E-state index is 0.0441. The standard InChI is InChI=1S/C26H29N9O4/c1-33-13-17(9-29-33)30-25-23(24(27)37)31-20(10-28-25)16-11-35(12-16)26-32-19-4-3-15(7-21(19)39-26)8-22(36)34-6-5-18(14-34)38-2/h3-4,7,9-10,13,16,18H,5-6,8,11-12,14H2,1-2H3,(H2,27,37)(H,28,30)/t18-/m0/s1. The van der Waals surface area contributed by atoms with Gasteiger partial charge in [-0.15, -0.1) is 0 Å². The van der Waals surface area contributed by atoms with Crippen molar-refractivity contribution in [1.82, 2.24) is 29.6 Å². The average Bonchev–Trinajstić information content (AvgIpc) is 3.63. The number of likely N-dealkylation sites (tertiary alicyclic amines) is 1. The van der Waals surface area contributed by atoms with E-state index in [-0.39, 0.29) is 29.4 Å². The lowest BCUT2D eigenvalue weighted by molar-refractivity contribution is -0.129. The van der Waals surface area contributed by atoms with Gasteiger partial charge >= 0.3 is 0 Å². The Balaban J connectivity index is 1.11. The number of anilines is 3. The molecule has 0 bridgehead atoms. The van der Waals surface area contributed by atoms with Gasteiger partial charge in [-0.05, 0) is 24.1 Å². The highest BCUT2D eigenvalue weighted by Crippen LogP contribution is 2.33. The zero-order chi connectivity index (χ0) is 27.1. The van der Waals surface area contributed by atoms with Gasteiger partial charge < -0.3 is 30.0 Å². The van der Waals surface area contributed by atoms with Gasteiger partial charge in [0.1, 0.15) is 5.52 Å². The van der Waals surface area contributed by atoms with Crippen LogP contribution in [0.3, 0.4) is 0 Å². The number of hydrogen-bond acceptors (Lipinski definition) is 10. The van der Waals surface area contributed by atoms with Crippen LogP contribution in [0.15, 0.2) is 41.2 Å². The number of ether oxygens (including phenoxy) is 1. The van der Waals surface area contributed by atoms with Crippen LogP contribution in [-0.4, -0.2) is 80.8 Å². The van der Waals surface area contributed by atoms with E-state index >= 15 is 0 Å². The number of rotatable bonds is 8. The molecule has 0 unspecified atom stereocenters. The highest BCUT2D eigenvalue weighted by Gasteiger charge is 2.34. The fourth-order valence-electron chi connectivity index (χ4n) is 4.94. The molecule has 202 valence electrons. The van der Waals surface area contributed by atoms with Crippen LogP contribution < -0.4 is 16.0 Å². The highest BCUT2D eigenvalue weighted by atomic mass is 16.5. The molecule has 0 spiro atoms. The second-order valence-corrected chi connectivity index (χ2v) is 9.95. The molecule has 6 rings (SSSR count). The van der Waals surface area contributed by atoms with E-state index in [1.165, 1.54) is 0 Å². The molecular formula is C26H29N9O4.